The predicted octanol–water partition coefficient (Wildman–Crippen LogP) is -2.03. The summed E-state index contributed by atoms with van der Waals surface area (Å²) in [5, 5.41) is 34.8. The van der Waals surface area contributed by atoms with E-state index in [1.165, 1.54) is 6.92 Å². The van der Waals surface area contributed by atoms with E-state index in [-0.39, 0.29) is 12.8 Å². The summed E-state index contributed by atoms with van der Waals surface area (Å²) in [5.41, 5.74) is 5.86. The molecule has 0 spiro atoms. The number of nitrogens with two attached hydrogens (primary N) is 1. The van der Waals surface area contributed by atoms with Crippen LogP contribution in [0.4, 0.5) is 0 Å². The van der Waals surface area contributed by atoms with Crippen LogP contribution in [0, 0.1) is 0 Å². The molecular formula is C20H28N4O8. The summed E-state index contributed by atoms with van der Waals surface area (Å²) in [4.78, 5) is 59.2. The molecule has 12 nitrogen and oxygen atoms in total. The maximum absolute atomic E-state index is 12.8. The van der Waals surface area contributed by atoms with Gasteiger partial charge in [0.1, 0.15) is 18.1 Å². The second kappa shape index (κ2) is 13.0. The maximum atomic E-state index is 12.8. The summed E-state index contributed by atoms with van der Waals surface area (Å²) in [7, 11) is 0. The van der Waals surface area contributed by atoms with Gasteiger partial charge in [-0.25, -0.2) is 4.79 Å². The number of amides is 3. The average Bonchev–Trinajstić information content (AvgIpc) is 2.74. The Kier molecular flexibility index (Phi) is 10.8. The molecule has 3 amide bonds. The zero-order valence-corrected chi connectivity index (χ0v) is 17.5. The van der Waals surface area contributed by atoms with Crippen molar-refractivity contribution < 1.29 is 39.3 Å². The van der Waals surface area contributed by atoms with E-state index in [1.54, 1.807) is 30.3 Å². The van der Waals surface area contributed by atoms with Crippen LogP contribution in [0.2, 0.25) is 0 Å². The van der Waals surface area contributed by atoms with Crippen LogP contribution in [-0.4, -0.2) is 75.8 Å². The Morgan fingerprint density at radius 1 is 0.938 bits per heavy atom. The molecule has 0 fully saturated rings. The molecule has 32 heavy (non-hydrogen) atoms. The number of aliphatic hydroxyl groups excluding tert-OH is 1. The molecule has 4 atom stereocenters. The van der Waals surface area contributed by atoms with Crippen LogP contribution in [0.3, 0.4) is 0 Å². The van der Waals surface area contributed by atoms with Gasteiger partial charge in [-0.05, 0) is 18.9 Å². The van der Waals surface area contributed by atoms with Crippen LogP contribution in [0.15, 0.2) is 30.3 Å². The van der Waals surface area contributed by atoms with Crippen LogP contribution >= 0.6 is 0 Å². The molecule has 1 aromatic carbocycles. The molecule has 176 valence electrons. The molecule has 1 aromatic rings. The lowest BCUT2D eigenvalue weighted by molar-refractivity contribution is -0.143. The van der Waals surface area contributed by atoms with Crippen LogP contribution < -0.4 is 21.7 Å². The molecule has 0 saturated carbocycles. The minimum absolute atomic E-state index is 0.0267. The Bertz CT molecular complexity index is 815. The highest BCUT2D eigenvalue weighted by Crippen LogP contribution is 2.07. The SMILES string of the molecule is CC(O)C(NC(=O)CN)C(=O)NC(Cc1ccccc1)C(=O)NC(CCC(=O)O)C(=O)O. The van der Waals surface area contributed by atoms with Gasteiger partial charge >= 0.3 is 11.9 Å². The number of carbonyl (C=O) groups is 5. The molecule has 0 aliphatic carbocycles. The van der Waals surface area contributed by atoms with E-state index in [0.29, 0.717) is 5.56 Å². The minimum atomic E-state index is -1.49. The van der Waals surface area contributed by atoms with Gasteiger partial charge in [-0.15, -0.1) is 0 Å². The highest BCUT2D eigenvalue weighted by atomic mass is 16.4. The Morgan fingerprint density at radius 3 is 2.03 bits per heavy atom. The molecule has 0 aromatic heterocycles. The van der Waals surface area contributed by atoms with Crippen molar-refractivity contribution in [1.82, 2.24) is 16.0 Å². The molecule has 1 rings (SSSR count). The van der Waals surface area contributed by atoms with Gasteiger partial charge in [0, 0.05) is 12.8 Å². The van der Waals surface area contributed by atoms with Crippen molar-refractivity contribution in [3.8, 4) is 0 Å². The number of rotatable bonds is 13. The Labute approximate surface area is 184 Å². The molecule has 0 aliphatic rings. The molecule has 0 heterocycles. The second-order valence-corrected chi connectivity index (χ2v) is 7.07. The fraction of sp³-hybridized carbons (Fsp3) is 0.450. The van der Waals surface area contributed by atoms with E-state index in [4.69, 9.17) is 10.8 Å². The smallest absolute Gasteiger partial charge is 0.326 e. The van der Waals surface area contributed by atoms with Crippen molar-refractivity contribution in [2.24, 2.45) is 5.73 Å². The first-order valence-electron chi connectivity index (χ1n) is 9.81. The van der Waals surface area contributed by atoms with Crippen molar-refractivity contribution in [3.63, 3.8) is 0 Å². The molecule has 0 radical (unpaired) electrons. The second-order valence-electron chi connectivity index (χ2n) is 7.07. The Hall–Kier alpha value is -3.51. The van der Waals surface area contributed by atoms with E-state index < -0.39 is 66.9 Å². The first-order chi connectivity index (χ1) is 15.0. The summed E-state index contributed by atoms with van der Waals surface area (Å²) in [6, 6.07) is 4.38. The molecule has 0 bridgehead atoms. The summed E-state index contributed by atoms with van der Waals surface area (Å²) in [6.07, 6.45) is -2.18. The van der Waals surface area contributed by atoms with Gasteiger partial charge in [0.15, 0.2) is 0 Å². The van der Waals surface area contributed by atoms with E-state index in [2.05, 4.69) is 16.0 Å². The highest BCUT2D eigenvalue weighted by Gasteiger charge is 2.31. The van der Waals surface area contributed by atoms with E-state index in [0.717, 1.165) is 0 Å². The summed E-state index contributed by atoms with van der Waals surface area (Å²) in [5.74, 6) is -5.10. The molecular weight excluding hydrogens is 424 g/mol. The lowest BCUT2D eigenvalue weighted by Crippen LogP contribution is -2.59. The van der Waals surface area contributed by atoms with Crippen LogP contribution in [-0.2, 0) is 30.4 Å². The number of benzene rings is 1. The minimum Gasteiger partial charge on any atom is -0.481 e. The van der Waals surface area contributed by atoms with Crippen LogP contribution in [0.25, 0.3) is 0 Å². The molecule has 12 heteroatoms. The number of aliphatic carboxylic acids is 2. The largest absolute Gasteiger partial charge is 0.481 e. The first-order valence-corrected chi connectivity index (χ1v) is 9.81. The summed E-state index contributed by atoms with van der Waals surface area (Å²) >= 11 is 0. The van der Waals surface area contributed by atoms with E-state index in [9.17, 15) is 34.2 Å². The summed E-state index contributed by atoms with van der Waals surface area (Å²) < 4.78 is 0. The third kappa shape index (κ3) is 9.10. The number of hydrogen-bond acceptors (Lipinski definition) is 7. The van der Waals surface area contributed by atoms with Crippen molar-refractivity contribution in [2.75, 3.05) is 6.54 Å². The third-order valence-corrected chi connectivity index (χ3v) is 4.44. The molecule has 0 aliphatic heterocycles. The van der Waals surface area contributed by atoms with E-state index >= 15 is 0 Å². The summed E-state index contributed by atoms with van der Waals surface area (Å²) in [6.45, 7) is 0.841. The highest BCUT2D eigenvalue weighted by molar-refractivity contribution is 5.94. The van der Waals surface area contributed by atoms with Gasteiger partial charge in [0.25, 0.3) is 0 Å². The van der Waals surface area contributed by atoms with Gasteiger partial charge < -0.3 is 37.0 Å². The topological polar surface area (TPSA) is 208 Å². The maximum Gasteiger partial charge on any atom is 0.326 e. The molecule has 4 unspecified atom stereocenters. The van der Waals surface area contributed by atoms with Gasteiger partial charge in [-0.2, -0.15) is 0 Å². The number of carboxylic acids is 2. The van der Waals surface area contributed by atoms with Crippen molar-refractivity contribution >= 4 is 29.7 Å². The lowest BCUT2D eigenvalue weighted by atomic mass is 10.0. The fourth-order valence-corrected chi connectivity index (χ4v) is 2.76. The first kappa shape index (κ1) is 26.5. The van der Waals surface area contributed by atoms with Gasteiger partial charge in [0.2, 0.25) is 17.7 Å². The fourth-order valence-electron chi connectivity index (χ4n) is 2.76. The Morgan fingerprint density at radius 2 is 1.53 bits per heavy atom. The zero-order chi connectivity index (χ0) is 24.3. The third-order valence-electron chi connectivity index (χ3n) is 4.44. The van der Waals surface area contributed by atoms with Crippen molar-refractivity contribution in [2.45, 2.75) is 50.4 Å². The monoisotopic (exact) mass is 452 g/mol. The lowest BCUT2D eigenvalue weighted by Gasteiger charge is -2.25. The van der Waals surface area contributed by atoms with Crippen LogP contribution in [0.1, 0.15) is 25.3 Å². The molecule has 0 saturated heterocycles. The normalized spacial score (nSPS) is 14.3. The van der Waals surface area contributed by atoms with Gasteiger partial charge in [-0.3, -0.25) is 19.2 Å². The number of nitrogens with one attached hydrogen (secondary N) is 3. The van der Waals surface area contributed by atoms with Crippen LogP contribution in [0.5, 0.6) is 0 Å². The van der Waals surface area contributed by atoms with Crippen molar-refractivity contribution in [3.05, 3.63) is 35.9 Å². The number of carboxylic acid groups (broad SMARTS) is 2. The predicted molar refractivity (Wildman–Crippen MR) is 111 cm³/mol. The van der Waals surface area contributed by atoms with Gasteiger partial charge in [0.05, 0.1) is 12.6 Å². The molecule has 8 N–H and O–H groups in total. The number of aliphatic hydroxyl groups is 1. The van der Waals surface area contributed by atoms with Crippen molar-refractivity contribution in [1.29, 1.82) is 0 Å². The number of hydrogen-bond donors (Lipinski definition) is 7. The average molecular weight is 452 g/mol. The number of carbonyl (C=O) groups excluding carboxylic acids is 3. The zero-order valence-electron chi connectivity index (χ0n) is 17.5. The Balaban J connectivity index is 3.06. The standard InChI is InChI=1S/C20H28N4O8/c1-11(25)17(24-15(26)10-21)19(30)23-14(9-12-5-3-2-4-6-12)18(29)22-13(20(31)32)7-8-16(27)28/h2-6,11,13-14,17,25H,7-10,21H2,1H3,(H,22,29)(H,23,30)(H,24,26)(H,27,28)(H,31,32). The quantitative estimate of drug-likeness (QED) is 0.176. The van der Waals surface area contributed by atoms with Gasteiger partial charge in [-0.1, -0.05) is 30.3 Å². The van der Waals surface area contributed by atoms with E-state index in [1.807, 2.05) is 0 Å².